The molecule has 0 bridgehead atoms. The summed E-state index contributed by atoms with van der Waals surface area (Å²) in [6.07, 6.45) is 2.30. The second kappa shape index (κ2) is 9.27. The number of ether oxygens (including phenoxy) is 1. The minimum atomic E-state index is -0.231. The second-order valence-corrected chi connectivity index (χ2v) is 5.44. The van der Waals surface area contributed by atoms with Gasteiger partial charge in [0.05, 0.1) is 7.11 Å². The number of nitrogens with one attached hydrogen (secondary N) is 2. The van der Waals surface area contributed by atoms with Gasteiger partial charge in [-0.1, -0.05) is 24.3 Å². The fourth-order valence-electron chi connectivity index (χ4n) is 2.32. The molecule has 5 nitrogen and oxygen atoms in total. The van der Waals surface area contributed by atoms with Crippen molar-refractivity contribution >= 4 is 11.8 Å². The standard InChI is InChI=1S/C20H22N2O3/c1-3-11-21-19(23)16-7-5-8-17(14-16)20(24)22-12-10-15-6-4-9-18(13-15)25-2/h3-9,13-14H,1,10-12H2,2H3,(H,21,23)(H,22,24). The predicted octanol–water partition coefficient (Wildman–Crippen LogP) is 2.58. The number of benzene rings is 2. The van der Waals surface area contributed by atoms with E-state index in [9.17, 15) is 9.59 Å². The molecule has 2 aromatic rings. The molecule has 0 aromatic heterocycles. The monoisotopic (exact) mass is 338 g/mol. The number of carbonyl (C=O) groups is 2. The van der Waals surface area contributed by atoms with Gasteiger partial charge in [0.1, 0.15) is 5.75 Å². The number of hydrogen-bond acceptors (Lipinski definition) is 3. The maximum absolute atomic E-state index is 12.3. The van der Waals surface area contributed by atoms with Crippen LogP contribution in [0.4, 0.5) is 0 Å². The van der Waals surface area contributed by atoms with Gasteiger partial charge in [0.15, 0.2) is 0 Å². The molecule has 130 valence electrons. The third-order valence-corrected chi connectivity index (χ3v) is 3.63. The molecule has 0 spiro atoms. The highest BCUT2D eigenvalue weighted by Gasteiger charge is 2.09. The van der Waals surface area contributed by atoms with E-state index in [-0.39, 0.29) is 11.8 Å². The molecule has 0 atom stereocenters. The Morgan fingerprint density at radius 1 is 1.04 bits per heavy atom. The number of amides is 2. The first-order valence-corrected chi connectivity index (χ1v) is 8.04. The van der Waals surface area contributed by atoms with Gasteiger partial charge in [-0.25, -0.2) is 0 Å². The smallest absolute Gasteiger partial charge is 0.251 e. The van der Waals surface area contributed by atoms with Crippen LogP contribution in [0.2, 0.25) is 0 Å². The first kappa shape index (κ1) is 18.3. The van der Waals surface area contributed by atoms with Crippen LogP contribution in [0.1, 0.15) is 26.3 Å². The Labute approximate surface area is 147 Å². The Kier molecular flexibility index (Phi) is 6.77. The number of methoxy groups -OCH3 is 1. The Hall–Kier alpha value is -3.08. The maximum atomic E-state index is 12.3. The molecule has 0 saturated carbocycles. The summed E-state index contributed by atoms with van der Waals surface area (Å²) < 4.78 is 5.18. The van der Waals surface area contributed by atoms with E-state index >= 15 is 0 Å². The highest BCUT2D eigenvalue weighted by atomic mass is 16.5. The summed E-state index contributed by atoms with van der Waals surface area (Å²) in [4.78, 5) is 24.2. The molecular formula is C20H22N2O3. The first-order chi connectivity index (χ1) is 12.1. The third-order valence-electron chi connectivity index (χ3n) is 3.63. The van der Waals surface area contributed by atoms with Gasteiger partial charge in [0.2, 0.25) is 0 Å². The van der Waals surface area contributed by atoms with Crippen molar-refractivity contribution in [2.45, 2.75) is 6.42 Å². The minimum absolute atomic E-state index is 0.207. The Balaban J connectivity index is 1.92. The molecule has 0 radical (unpaired) electrons. The summed E-state index contributed by atoms with van der Waals surface area (Å²) in [5.41, 5.74) is 1.98. The van der Waals surface area contributed by atoms with E-state index in [1.54, 1.807) is 37.5 Å². The number of carbonyl (C=O) groups excluding carboxylic acids is 2. The van der Waals surface area contributed by atoms with E-state index in [2.05, 4.69) is 17.2 Å². The zero-order chi connectivity index (χ0) is 18.1. The van der Waals surface area contributed by atoms with Crippen molar-refractivity contribution in [2.24, 2.45) is 0 Å². The lowest BCUT2D eigenvalue weighted by Gasteiger charge is -2.08. The highest BCUT2D eigenvalue weighted by Crippen LogP contribution is 2.12. The largest absolute Gasteiger partial charge is 0.497 e. The van der Waals surface area contributed by atoms with Crippen molar-refractivity contribution in [1.29, 1.82) is 0 Å². The lowest BCUT2D eigenvalue weighted by atomic mass is 10.1. The molecule has 0 aliphatic carbocycles. The average Bonchev–Trinajstić information content (AvgIpc) is 2.66. The molecule has 5 heteroatoms. The lowest BCUT2D eigenvalue weighted by molar-refractivity contribution is 0.0954. The quantitative estimate of drug-likeness (QED) is 0.727. The first-order valence-electron chi connectivity index (χ1n) is 8.04. The molecule has 0 aliphatic rings. The van der Waals surface area contributed by atoms with E-state index in [0.29, 0.717) is 30.6 Å². The molecule has 2 rings (SSSR count). The van der Waals surface area contributed by atoms with E-state index in [0.717, 1.165) is 11.3 Å². The summed E-state index contributed by atoms with van der Waals surface area (Å²) in [5, 5.41) is 5.56. The van der Waals surface area contributed by atoms with Crippen LogP contribution in [-0.4, -0.2) is 32.0 Å². The zero-order valence-corrected chi connectivity index (χ0v) is 14.2. The molecule has 0 unspecified atom stereocenters. The third kappa shape index (κ3) is 5.49. The van der Waals surface area contributed by atoms with E-state index < -0.39 is 0 Å². The Morgan fingerprint density at radius 2 is 1.72 bits per heavy atom. The molecular weight excluding hydrogens is 316 g/mol. The van der Waals surface area contributed by atoms with Crippen molar-refractivity contribution < 1.29 is 14.3 Å². The van der Waals surface area contributed by atoms with Crippen LogP contribution in [0.25, 0.3) is 0 Å². The van der Waals surface area contributed by atoms with E-state index in [4.69, 9.17) is 4.74 Å². The van der Waals surface area contributed by atoms with Crippen LogP contribution in [0.15, 0.2) is 61.2 Å². The zero-order valence-electron chi connectivity index (χ0n) is 14.2. The summed E-state index contributed by atoms with van der Waals surface area (Å²) >= 11 is 0. The number of hydrogen-bond donors (Lipinski definition) is 2. The summed E-state index contributed by atoms with van der Waals surface area (Å²) in [7, 11) is 1.62. The lowest BCUT2D eigenvalue weighted by Crippen LogP contribution is -2.27. The van der Waals surface area contributed by atoms with Crippen LogP contribution in [0.3, 0.4) is 0 Å². The van der Waals surface area contributed by atoms with E-state index in [1.165, 1.54) is 0 Å². The normalized spacial score (nSPS) is 9.96. The van der Waals surface area contributed by atoms with Crippen molar-refractivity contribution in [3.8, 4) is 5.75 Å². The van der Waals surface area contributed by atoms with Crippen molar-refractivity contribution in [1.82, 2.24) is 10.6 Å². The van der Waals surface area contributed by atoms with Gasteiger partial charge >= 0.3 is 0 Å². The average molecular weight is 338 g/mol. The van der Waals surface area contributed by atoms with Crippen molar-refractivity contribution in [3.05, 3.63) is 77.9 Å². The predicted molar refractivity (Wildman–Crippen MR) is 98.0 cm³/mol. The van der Waals surface area contributed by atoms with Crippen molar-refractivity contribution in [2.75, 3.05) is 20.2 Å². The van der Waals surface area contributed by atoms with Crippen LogP contribution < -0.4 is 15.4 Å². The Bertz CT molecular complexity index is 756. The summed E-state index contributed by atoms with van der Waals surface area (Å²) in [6.45, 7) is 4.44. The van der Waals surface area contributed by atoms with Gasteiger partial charge < -0.3 is 15.4 Å². The molecule has 2 aromatic carbocycles. The molecule has 0 saturated heterocycles. The summed E-state index contributed by atoms with van der Waals surface area (Å²) in [6, 6.07) is 14.4. The van der Waals surface area contributed by atoms with Crippen LogP contribution in [-0.2, 0) is 6.42 Å². The maximum Gasteiger partial charge on any atom is 0.251 e. The SMILES string of the molecule is C=CCNC(=O)c1cccc(C(=O)NCCc2cccc(OC)c2)c1. The van der Waals surface area contributed by atoms with Gasteiger partial charge in [-0.3, -0.25) is 9.59 Å². The van der Waals surface area contributed by atoms with Gasteiger partial charge in [-0.15, -0.1) is 6.58 Å². The highest BCUT2D eigenvalue weighted by molar-refractivity contribution is 5.99. The van der Waals surface area contributed by atoms with Gasteiger partial charge in [0, 0.05) is 24.2 Å². The summed E-state index contributed by atoms with van der Waals surface area (Å²) in [5.74, 6) is 0.356. The fourth-order valence-corrected chi connectivity index (χ4v) is 2.32. The molecule has 0 fully saturated rings. The topological polar surface area (TPSA) is 67.4 Å². The minimum Gasteiger partial charge on any atom is -0.497 e. The van der Waals surface area contributed by atoms with Crippen LogP contribution >= 0.6 is 0 Å². The molecule has 2 amide bonds. The van der Waals surface area contributed by atoms with Gasteiger partial charge in [-0.2, -0.15) is 0 Å². The second-order valence-electron chi connectivity index (χ2n) is 5.44. The molecule has 25 heavy (non-hydrogen) atoms. The van der Waals surface area contributed by atoms with E-state index in [1.807, 2.05) is 24.3 Å². The molecule has 0 heterocycles. The van der Waals surface area contributed by atoms with Crippen LogP contribution in [0, 0.1) is 0 Å². The number of rotatable bonds is 8. The Morgan fingerprint density at radius 3 is 2.40 bits per heavy atom. The fraction of sp³-hybridized carbons (Fsp3) is 0.200. The van der Waals surface area contributed by atoms with Gasteiger partial charge in [-0.05, 0) is 42.3 Å². The van der Waals surface area contributed by atoms with Gasteiger partial charge in [0.25, 0.3) is 11.8 Å². The molecule has 2 N–H and O–H groups in total. The van der Waals surface area contributed by atoms with Crippen molar-refractivity contribution in [3.63, 3.8) is 0 Å². The van der Waals surface area contributed by atoms with Crippen LogP contribution in [0.5, 0.6) is 5.75 Å². The molecule has 0 aliphatic heterocycles.